The molecule has 0 atom stereocenters. The summed E-state index contributed by atoms with van der Waals surface area (Å²) in [5.74, 6) is -2.77. The van der Waals surface area contributed by atoms with Gasteiger partial charge in [0.05, 0.1) is 6.42 Å². The molecule has 1 heterocycles. The van der Waals surface area contributed by atoms with Gasteiger partial charge in [0.15, 0.2) is 0 Å². The maximum atomic E-state index is 13.1. The number of aryl methyl sites for hydroxylation is 1. The van der Waals surface area contributed by atoms with Crippen molar-refractivity contribution in [3.8, 4) is 11.4 Å². The molecule has 1 aromatic carbocycles. The van der Waals surface area contributed by atoms with E-state index in [2.05, 4.69) is 9.97 Å². The predicted molar refractivity (Wildman–Crippen MR) is 66.3 cm³/mol. The quantitative estimate of drug-likeness (QED) is 0.895. The van der Waals surface area contributed by atoms with Gasteiger partial charge < -0.3 is 10.1 Å². The predicted octanol–water partition coefficient (Wildman–Crippen LogP) is 1.65. The molecule has 2 N–H and O–H groups in total. The molecular formula is C13H10F2N2O3. The highest BCUT2D eigenvalue weighted by molar-refractivity contribution is 5.70. The third-order valence-electron chi connectivity index (χ3n) is 2.69. The standard InChI is InChI=1S/C13H10F2N2O3/c1-6-10(5-11(18)19)13(20)17-12(16-6)7-2-8(14)4-9(15)3-7/h2-4H,5H2,1H3,(H,18,19)(H,16,17,20). The molecule has 0 fully saturated rings. The fraction of sp³-hybridized carbons (Fsp3) is 0.154. The zero-order chi connectivity index (χ0) is 14.9. The Morgan fingerprint density at radius 3 is 2.40 bits per heavy atom. The van der Waals surface area contributed by atoms with E-state index >= 15 is 0 Å². The van der Waals surface area contributed by atoms with Crippen molar-refractivity contribution >= 4 is 5.97 Å². The van der Waals surface area contributed by atoms with Crippen molar-refractivity contribution in [2.75, 3.05) is 0 Å². The minimum absolute atomic E-state index is 0.0122. The Labute approximate surface area is 111 Å². The van der Waals surface area contributed by atoms with Gasteiger partial charge in [-0.3, -0.25) is 9.59 Å². The third-order valence-corrected chi connectivity index (χ3v) is 2.69. The lowest BCUT2D eigenvalue weighted by molar-refractivity contribution is -0.136. The van der Waals surface area contributed by atoms with E-state index in [0.29, 0.717) is 6.07 Å². The van der Waals surface area contributed by atoms with E-state index in [0.717, 1.165) is 12.1 Å². The van der Waals surface area contributed by atoms with Crippen molar-refractivity contribution in [1.82, 2.24) is 9.97 Å². The molecule has 0 bridgehead atoms. The normalized spacial score (nSPS) is 10.6. The number of rotatable bonds is 3. The summed E-state index contributed by atoms with van der Waals surface area (Å²) < 4.78 is 26.3. The van der Waals surface area contributed by atoms with Gasteiger partial charge in [0.1, 0.15) is 17.5 Å². The fourth-order valence-electron chi connectivity index (χ4n) is 1.80. The van der Waals surface area contributed by atoms with E-state index in [1.165, 1.54) is 6.92 Å². The minimum Gasteiger partial charge on any atom is -0.481 e. The smallest absolute Gasteiger partial charge is 0.308 e. The number of aromatic nitrogens is 2. The first-order valence-electron chi connectivity index (χ1n) is 5.65. The van der Waals surface area contributed by atoms with Gasteiger partial charge in [0.2, 0.25) is 0 Å². The lowest BCUT2D eigenvalue weighted by Crippen LogP contribution is -2.20. The number of aromatic amines is 1. The van der Waals surface area contributed by atoms with E-state index in [4.69, 9.17) is 5.11 Å². The van der Waals surface area contributed by atoms with Crippen LogP contribution in [0.2, 0.25) is 0 Å². The van der Waals surface area contributed by atoms with E-state index in [9.17, 15) is 18.4 Å². The number of carbonyl (C=O) groups is 1. The molecule has 7 heteroatoms. The van der Waals surface area contributed by atoms with Gasteiger partial charge in [-0.05, 0) is 19.1 Å². The van der Waals surface area contributed by atoms with Crippen molar-refractivity contribution in [3.63, 3.8) is 0 Å². The van der Waals surface area contributed by atoms with Crippen LogP contribution in [-0.2, 0) is 11.2 Å². The topological polar surface area (TPSA) is 83.0 Å². The maximum absolute atomic E-state index is 13.1. The van der Waals surface area contributed by atoms with Gasteiger partial charge in [-0.2, -0.15) is 0 Å². The summed E-state index contributed by atoms with van der Waals surface area (Å²) >= 11 is 0. The van der Waals surface area contributed by atoms with Crippen LogP contribution < -0.4 is 5.56 Å². The van der Waals surface area contributed by atoms with E-state index in [1.54, 1.807) is 0 Å². The average molecular weight is 280 g/mol. The van der Waals surface area contributed by atoms with Gasteiger partial charge in [0.25, 0.3) is 5.56 Å². The Bertz CT molecular complexity index is 721. The molecule has 1 aromatic heterocycles. The first-order valence-corrected chi connectivity index (χ1v) is 5.65. The fourth-order valence-corrected chi connectivity index (χ4v) is 1.80. The summed E-state index contributed by atoms with van der Waals surface area (Å²) in [4.78, 5) is 28.7. The number of hydrogen-bond donors (Lipinski definition) is 2. The second kappa shape index (κ2) is 5.20. The van der Waals surface area contributed by atoms with Crippen molar-refractivity contribution in [3.05, 3.63) is 51.4 Å². The molecule has 0 radical (unpaired) electrons. The molecule has 5 nitrogen and oxygen atoms in total. The number of benzene rings is 1. The number of H-pyrrole nitrogens is 1. The van der Waals surface area contributed by atoms with E-state index in [1.807, 2.05) is 0 Å². The molecule has 104 valence electrons. The first kappa shape index (κ1) is 13.9. The van der Waals surface area contributed by atoms with Crippen LogP contribution in [0.3, 0.4) is 0 Å². The van der Waals surface area contributed by atoms with Gasteiger partial charge in [-0.25, -0.2) is 13.8 Å². The summed E-state index contributed by atoms with van der Waals surface area (Å²) in [6, 6.07) is 2.75. The van der Waals surface area contributed by atoms with E-state index < -0.39 is 29.6 Å². The summed E-state index contributed by atoms with van der Waals surface area (Å²) in [6.45, 7) is 1.46. The van der Waals surface area contributed by atoms with Crippen LogP contribution in [-0.4, -0.2) is 21.0 Å². The molecule has 0 saturated heterocycles. The number of hydrogen-bond acceptors (Lipinski definition) is 3. The van der Waals surface area contributed by atoms with Crippen LogP contribution in [0.5, 0.6) is 0 Å². The number of carboxylic acids is 1. The largest absolute Gasteiger partial charge is 0.481 e. The molecule has 0 aliphatic heterocycles. The molecule has 0 saturated carbocycles. The maximum Gasteiger partial charge on any atom is 0.308 e. The second-order valence-corrected chi connectivity index (χ2v) is 4.21. The van der Waals surface area contributed by atoms with Crippen LogP contribution in [0.1, 0.15) is 11.3 Å². The molecule has 20 heavy (non-hydrogen) atoms. The molecule has 0 aliphatic carbocycles. The van der Waals surface area contributed by atoms with Crippen molar-refractivity contribution < 1.29 is 18.7 Å². The summed E-state index contributed by atoms with van der Waals surface area (Å²) in [5.41, 5.74) is -0.349. The molecule has 2 rings (SSSR count). The van der Waals surface area contributed by atoms with Crippen molar-refractivity contribution in [2.45, 2.75) is 13.3 Å². The third kappa shape index (κ3) is 2.87. The zero-order valence-electron chi connectivity index (χ0n) is 10.4. The van der Waals surface area contributed by atoms with Gasteiger partial charge in [-0.1, -0.05) is 0 Å². The van der Waals surface area contributed by atoms with Crippen LogP contribution in [0.15, 0.2) is 23.0 Å². The van der Waals surface area contributed by atoms with Gasteiger partial charge in [0, 0.05) is 22.9 Å². The Balaban J connectivity index is 2.54. The summed E-state index contributed by atoms with van der Waals surface area (Å²) in [5, 5.41) is 8.70. The molecular weight excluding hydrogens is 270 g/mol. The van der Waals surface area contributed by atoms with Crippen LogP contribution in [0.4, 0.5) is 8.78 Å². The van der Waals surface area contributed by atoms with Crippen molar-refractivity contribution in [2.24, 2.45) is 0 Å². The monoisotopic (exact) mass is 280 g/mol. The average Bonchev–Trinajstić information content (AvgIpc) is 2.32. The van der Waals surface area contributed by atoms with Crippen molar-refractivity contribution in [1.29, 1.82) is 0 Å². The highest BCUT2D eigenvalue weighted by Gasteiger charge is 2.13. The van der Waals surface area contributed by atoms with Crippen LogP contribution >= 0.6 is 0 Å². The van der Waals surface area contributed by atoms with Gasteiger partial charge >= 0.3 is 5.97 Å². The number of nitrogens with one attached hydrogen (secondary N) is 1. The number of aliphatic carboxylic acids is 1. The molecule has 0 amide bonds. The zero-order valence-corrected chi connectivity index (χ0v) is 10.4. The number of halogens is 2. The Hall–Kier alpha value is -2.57. The highest BCUT2D eigenvalue weighted by Crippen LogP contribution is 2.18. The minimum atomic E-state index is -1.16. The number of nitrogens with zero attached hydrogens (tertiary/aromatic N) is 1. The Morgan fingerprint density at radius 2 is 1.90 bits per heavy atom. The molecule has 2 aromatic rings. The van der Waals surface area contributed by atoms with Crippen LogP contribution in [0.25, 0.3) is 11.4 Å². The summed E-state index contributed by atoms with van der Waals surface area (Å²) in [6.07, 6.45) is -0.466. The molecule has 0 unspecified atom stereocenters. The molecule has 0 aliphatic rings. The Kier molecular flexibility index (Phi) is 3.60. The second-order valence-electron chi connectivity index (χ2n) is 4.21. The SMILES string of the molecule is Cc1nc(-c2cc(F)cc(F)c2)[nH]c(=O)c1CC(=O)O. The number of carboxylic acid groups (broad SMARTS) is 1. The molecule has 0 spiro atoms. The van der Waals surface area contributed by atoms with Crippen LogP contribution in [0, 0.1) is 18.6 Å². The van der Waals surface area contributed by atoms with Gasteiger partial charge in [-0.15, -0.1) is 0 Å². The summed E-state index contributed by atoms with van der Waals surface area (Å²) in [7, 11) is 0. The lowest BCUT2D eigenvalue weighted by atomic mass is 10.1. The Morgan fingerprint density at radius 1 is 1.30 bits per heavy atom. The van der Waals surface area contributed by atoms with E-state index in [-0.39, 0.29) is 22.6 Å². The lowest BCUT2D eigenvalue weighted by Gasteiger charge is -2.06. The first-order chi connectivity index (χ1) is 9.36. The highest BCUT2D eigenvalue weighted by atomic mass is 19.1.